The molecule has 1 aromatic carbocycles. The van der Waals surface area contributed by atoms with Gasteiger partial charge >= 0.3 is 5.97 Å². The zero-order valence-electron chi connectivity index (χ0n) is 11.5. The summed E-state index contributed by atoms with van der Waals surface area (Å²) in [6.07, 6.45) is 0. The number of aliphatic carboxylic acids is 1. The molecule has 5 nitrogen and oxygen atoms in total. The van der Waals surface area contributed by atoms with Gasteiger partial charge in [0, 0.05) is 12.2 Å². The van der Waals surface area contributed by atoms with Crippen molar-refractivity contribution in [3.05, 3.63) is 30.3 Å². The van der Waals surface area contributed by atoms with E-state index in [4.69, 9.17) is 5.11 Å². The lowest BCUT2D eigenvalue weighted by Crippen LogP contribution is -2.54. The second-order valence-corrected chi connectivity index (χ2v) is 4.72. The average Bonchev–Trinajstić information content (AvgIpc) is 2.38. The SMILES string of the molecule is CCN(C(=O)CNc1ccccc1)C(C)(C)C(=O)O. The van der Waals surface area contributed by atoms with Gasteiger partial charge in [-0.2, -0.15) is 0 Å². The molecule has 1 aromatic rings. The fraction of sp³-hybridized carbons (Fsp3) is 0.429. The highest BCUT2D eigenvalue weighted by Crippen LogP contribution is 2.15. The molecule has 0 radical (unpaired) electrons. The molecule has 104 valence electrons. The smallest absolute Gasteiger partial charge is 0.329 e. The highest BCUT2D eigenvalue weighted by atomic mass is 16.4. The minimum absolute atomic E-state index is 0.0779. The molecule has 0 fully saturated rings. The zero-order valence-corrected chi connectivity index (χ0v) is 11.5. The van der Waals surface area contributed by atoms with Gasteiger partial charge in [0.15, 0.2) is 0 Å². The summed E-state index contributed by atoms with van der Waals surface area (Å²) in [4.78, 5) is 24.6. The maximum absolute atomic E-state index is 12.1. The number of carbonyl (C=O) groups excluding carboxylic acids is 1. The van der Waals surface area contributed by atoms with Crippen LogP contribution in [-0.4, -0.2) is 40.5 Å². The van der Waals surface area contributed by atoms with E-state index < -0.39 is 11.5 Å². The molecule has 0 aliphatic heterocycles. The van der Waals surface area contributed by atoms with Crippen LogP contribution in [0.15, 0.2) is 30.3 Å². The molecular formula is C14H20N2O3. The van der Waals surface area contributed by atoms with E-state index in [2.05, 4.69) is 5.32 Å². The molecule has 0 aromatic heterocycles. The molecule has 19 heavy (non-hydrogen) atoms. The second kappa shape index (κ2) is 6.22. The van der Waals surface area contributed by atoms with Crippen molar-refractivity contribution in [2.24, 2.45) is 0 Å². The largest absolute Gasteiger partial charge is 0.480 e. The number of hydrogen-bond acceptors (Lipinski definition) is 3. The van der Waals surface area contributed by atoms with Gasteiger partial charge in [-0.05, 0) is 32.9 Å². The van der Waals surface area contributed by atoms with Gasteiger partial charge in [-0.1, -0.05) is 18.2 Å². The lowest BCUT2D eigenvalue weighted by atomic mass is 10.0. The van der Waals surface area contributed by atoms with Crippen LogP contribution < -0.4 is 5.32 Å². The lowest BCUT2D eigenvalue weighted by molar-refractivity contribution is -0.156. The number of carbonyl (C=O) groups is 2. The molecule has 0 unspecified atom stereocenters. The van der Waals surface area contributed by atoms with E-state index in [1.165, 1.54) is 18.7 Å². The van der Waals surface area contributed by atoms with Crippen molar-refractivity contribution in [1.82, 2.24) is 4.90 Å². The van der Waals surface area contributed by atoms with Gasteiger partial charge < -0.3 is 15.3 Å². The van der Waals surface area contributed by atoms with Gasteiger partial charge in [0.2, 0.25) is 5.91 Å². The van der Waals surface area contributed by atoms with Crippen molar-refractivity contribution in [3.8, 4) is 0 Å². The number of nitrogens with one attached hydrogen (secondary N) is 1. The summed E-state index contributed by atoms with van der Waals surface area (Å²) in [5, 5.41) is 12.1. The lowest BCUT2D eigenvalue weighted by Gasteiger charge is -2.34. The van der Waals surface area contributed by atoms with Gasteiger partial charge in [0.1, 0.15) is 5.54 Å². The molecule has 0 atom stereocenters. The number of nitrogens with zero attached hydrogens (tertiary/aromatic N) is 1. The topological polar surface area (TPSA) is 69.6 Å². The van der Waals surface area contributed by atoms with E-state index in [1.807, 2.05) is 30.3 Å². The number of anilines is 1. The number of hydrogen-bond donors (Lipinski definition) is 2. The maximum Gasteiger partial charge on any atom is 0.329 e. The van der Waals surface area contributed by atoms with Crippen molar-refractivity contribution < 1.29 is 14.7 Å². The Morgan fingerprint density at radius 2 is 1.84 bits per heavy atom. The summed E-state index contributed by atoms with van der Waals surface area (Å²) < 4.78 is 0. The first kappa shape index (κ1) is 15.0. The zero-order chi connectivity index (χ0) is 14.5. The fourth-order valence-electron chi connectivity index (χ4n) is 1.83. The van der Waals surface area contributed by atoms with Gasteiger partial charge in [-0.25, -0.2) is 4.79 Å². The number of para-hydroxylation sites is 1. The summed E-state index contributed by atoms with van der Waals surface area (Å²) in [6.45, 7) is 5.26. The Hall–Kier alpha value is -2.04. The summed E-state index contributed by atoms with van der Waals surface area (Å²) in [5.74, 6) is -1.25. The average molecular weight is 264 g/mol. The van der Waals surface area contributed by atoms with Crippen LogP contribution in [0.1, 0.15) is 20.8 Å². The van der Waals surface area contributed by atoms with Crippen LogP contribution in [0.2, 0.25) is 0 Å². The van der Waals surface area contributed by atoms with Crippen LogP contribution in [0, 0.1) is 0 Å². The molecule has 0 heterocycles. The summed E-state index contributed by atoms with van der Waals surface area (Å²) in [5.41, 5.74) is -0.371. The van der Waals surface area contributed by atoms with Crippen molar-refractivity contribution in [3.63, 3.8) is 0 Å². The first-order valence-electron chi connectivity index (χ1n) is 6.22. The van der Waals surface area contributed by atoms with Crippen LogP contribution in [0.3, 0.4) is 0 Å². The number of carboxylic acid groups (broad SMARTS) is 1. The van der Waals surface area contributed by atoms with Gasteiger partial charge in [-0.3, -0.25) is 4.79 Å². The number of amides is 1. The first-order valence-corrected chi connectivity index (χ1v) is 6.22. The Bertz CT molecular complexity index is 443. The minimum Gasteiger partial charge on any atom is -0.480 e. The van der Waals surface area contributed by atoms with Crippen LogP contribution in [0.4, 0.5) is 5.69 Å². The first-order chi connectivity index (χ1) is 8.89. The van der Waals surface area contributed by atoms with E-state index in [1.54, 1.807) is 6.92 Å². The number of rotatable bonds is 6. The third-order valence-electron chi connectivity index (χ3n) is 3.03. The predicted octanol–water partition coefficient (Wildman–Crippen LogP) is 1.81. The van der Waals surface area contributed by atoms with Crippen molar-refractivity contribution in [2.45, 2.75) is 26.3 Å². The molecule has 5 heteroatoms. The third-order valence-corrected chi connectivity index (χ3v) is 3.03. The fourth-order valence-corrected chi connectivity index (χ4v) is 1.83. The standard InChI is InChI=1S/C14H20N2O3/c1-4-16(14(2,3)13(18)19)12(17)10-15-11-8-6-5-7-9-11/h5-9,15H,4,10H2,1-3H3,(H,18,19). The van der Waals surface area contributed by atoms with Gasteiger partial charge in [-0.15, -0.1) is 0 Å². The summed E-state index contributed by atoms with van der Waals surface area (Å²) in [7, 11) is 0. The monoisotopic (exact) mass is 264 g/mol. The molecule has 0 saturated carbocycles. The van der Waals surface area contributed by atoms with Gasteiger partial charge in [0.05, 0.1) is 6.54 Å². The number of likely N-dealkylation sites (N-methyl/N-ethyl adjacent to an activating group) is 1. The Morgan fingerprint density at radius 3 is 2.32 bits per heavy atom. The van der Waals surface area contributed by atoms with Crippen LogP contribution in [-0.2, 0) is 9.59 Å². The molecule has 1 amide bonds. The van der Waals surface area contributed by atoms with E-state index in [9.17, 15) is 9.59 Å². The molecular weight excluding hydrogens is 244 g/mol. The maximum atomic E-state index is 12.1. The summed E-state index contributed by atoms with van der Waals surface area (Å²) in [6, 6.07) is 9.33. The Kier molecular flexibility index (Phi) is 4.92. The summed E-state index contributed by atoms with van der Waals surface area (Å²) >= 11 is 0. The molecule has 0 spiro atoms. The molecule has 2 N–H and O–H groups in total. The van der Waals surface area contributed by atoms with E-state index in [-0.39, 0.29) is 12.5 Å². The molecule has 1 rings (SSSR count). The highest BCUT2D eigenvalue weighted by Gasteiger charge is 2.36. The second-order valence-electron chi connectivity index (χ2n) is 4.72. The molecule has 0 bridgehead atoms. The van der Waals surface area contributed by atoms with Crippen LogP contribution >= 0.6 is 0 Å². The van der Waals surface area contributed by atoms with E-state index >= 15 is 0 Å². The Balaban J connectivity index is 2.68. The van der Waals surface area contributed by atoms with Crippen LogP contribution in [0.25, 0.3) is 0 Å². The van der Waals surface area contributed by atoms with Crippen molar-refractivity contribution >= 4 is 17.6 Å². The number of carboxylic acids is 1. The molecule has 0 saturated heterocycles. The third kappa shape index (κ3) is 3.71. The van der Waals surface area contributed by atoms with Crippen molar-refractivity contribution in [1.29, 1.82) is 0 Å². The van der Waals surface area contributed by atoms with E-state index in [0.29, 0.717) is 6.54 Å². The van der Waals surface area contributed by atoms with Crippen LogP contribution in [0.5, 0.6) is 0 Å². The highest BCUT2D eigenvalue weighted by molar-refractivity contribution is 5.88. The quantitative estimate of drug-likeness (QED) is 0.822. The molecule has 0 aliphatic rings. The Morgan fingerprint density at radius 1 is 1.26 bits per heavy atom. The van der Waals surface area contributed by atoms with Crippen molar-refractivity contribution in [2.75, 3.05) is 18.4 Å². The number of benzene rings is 1. The minimum atomic E-state index is -1.20. The normalized spacial score (nSPS) is 10.9. The van der Waals surface area contributed by atoms with Gasteiger partial charge in [0.25, 0.3) is 0 Å². The Labute approximate surface area is 113 Å². The molecule has 0 aliphatic carbocycles. The predicted molar refractivity (Wildman–Crippen MR) is 74.0 cm³/mol. The van der Waals surface area contributed by atoms with E-state index in [0.717, 1.165) is 5.69 Å².